The predicted molar refractivity (Wildman–Crippen MR) is 93.5 cm³/mol. The number of aliphatic hydroxyl groups excluding tert-OH is 1. The van der Waals surface area contributed by atoms with Crippen LogP contribution in [0.5, 0.6) is 0 Å². The highest BCUT2D eigenvalue weighted by Gasteiger charge is 2.31. The molecule has 1 fully saturated rings. The molecule has 2 amide bonds. The molecule has 2 atom stereocenters. The fraction of sp³-hybridized carbons (Fsp3) is 0.444. The Morgan fingerprint density at radius 2 is 2.28 bits per heavy atom. The number of amides is 2. The summed E-state index contributed by atoms with van der Waals surface area (Å²) in [4.78, 5) is 26.6. The topological polar surface area (TPSA) is 87.7 Å². The zero-order chi connectivity index (χ0) is 18.0. The van der Waals surface area contributed by atoms with E-state index in [1.54, 1.807) is 43.3 Å². The number of carbonyl (C=O) groups is 1. The maximum absolute atomic E-state index is 12.7. The summed E-state index contributed by atoms with van der Waals surface area (Å²) in [6.45, 7) is 2.40. The number of aromatic nitrogens is 1. The Balaban J connectivity index is 1.71. The molecule has 2 N–H and O–H groups in total. The first kappa shape index (κ1) is 17.3. The summed E-state index contributed by atoms with van der Waals surface area (Å²) in [7, 11) is 1.65. The zero-order valence-corrected chi connectivity index (χ0v) is 14.4. The Labute approximate surface area is 145 Å². The van der Waals surface area contributed by atoms with Crippen LogP contribution in [0.1, 0.15) is 36.7 Å². The van der Waals surface area contributed by atoms with Crippen molar-refractivity contribution in [2.24, 2.45) is 7.05 Å². The molecular weight excluding hydrogens is 322 g/mol. The molecule has 1 aliphatic heterocycles. The molecular formula is C18H23N3O4. The number of hydrogen-bond donors (Lipinski definition) is 2. The number of nitrogens with zero attached hydrogens (tertiary/aromatic N) is 2. The number of likely N-dealkylation sites (tertiary alicyclic amines) is 1. The van der Waals surface area contributed by atoms with Crippen molar-refractivity contribution in [1.82, 2.24) is 9.47 Å². The molecule has 7 nitrogen and oxygen atoms in total. The molecule has 3 rings (SSSR count). The molecule has 2 aromatic rings. The lowest BCUT2D eigenvalue weighted by Gasteiger charge is -2.26. The van der Waals surface area contributed by atoms with E-state index >= 15 is 0 Å². The number of pyridine rings is 1. The second-order valence-corrected chi connectivity index (χ2v) is 6.48. The Bertz CT molecular complexity index is 797. The fourth-order valence-electron chi connectivity index (χ4n) is 3.25. The van der Waals surface area contributed by atoms with Crippen molar-refractivity contribution < 1.29 is 14.3 Å². The van der Waals surface area contributed by atoms with Crippen LogP contribution in [0.4, 0.5) is 10.5 Å². The van der Waals surface area contributed by atoms with Crippen molar-refractivity contribution >= 4 is 11.7 Å². The highest BCUT2D eigenvalue weighted by atomic mass is 16.4. The van der Waals surface area contributed by atoms with Crippen LogP contribution >= 0.6 is 0 Å². The molecule has 134 valence electrons. The van der Waals surface area contributed by atoms with Gasteiger partial charge in [0.25, 0.3) is 5.56 Å². The summed E-state index contributed by atoms with van der Waals surface area (Å²) < 4.78 is 6.66. The molecule has 3 heterocycles. The number of hydrogen-bond acceptors (Lipinski definition) is 4. The Kier molecular flexibility index (Phi) is 4.94. The van der Waals surface area contributed by atoms with Crippen molar-refractivity contribution in [2.45, 2.75) is 38.3 Å². The molecule has 0 aliphatic carbocycles. The SMILES string of the molecule is Cc1ccn(C)c(=O)c1NC(=O)N1CCC[C@H]1C[C@H](O)c1ccco1. The second kappa shape index (κ2) is 7.14. The van der Waals surface area contributed by atoms with Crippen molar-refractivity contribution in [3.63, 3.8) is 0 Å². The van der Waals surface area contributed by atoms with E-state index < -0.39 is 6.10 Å². The first-order chi connectivity index (χ1) is 12.0. The van der Waals surface area contributed by atoms with Crippen LogP contribution in [0.15, 0.2) is 39.9 Å². The number of furan rings is 1. The Morgan fingerprint density at radius 3 is 3.00 bits per heavy atom. The molecule has 1 aliphatic rings. The average molecular weight is 345 g/mol. The predicted octanol–water partition coefficient (Wildman–Crippen LogP) is 2.41. The zero-order valence-electron chi connectivity index (χ0n) is 14.4. The first-order valence-corrected chi connectivity index (χ1v) is 8.42. The Hall–Kier alpha value is -2.54. The Morgan fingerprint density at radius 1 is 1.48 bits per heavy atom. The van der Waals surface area contributed by atoms with Gasteiger partial charge in [-0.3, -0.25) is 4.79 Å². The number of urea groups is 1. The minimum atomic E-state index is -0.750. The van der Waals surface area contributed by atoms with Crippen LogP contribution in [-0.4, -0.2) is 33.2 Å². The van der Waals surface area contributed by atoms with Crippen LogP contribution in [0.3, 0.4) is 0 Å². The minimum absolute atomic E-state index is 0.0898. The molecule has 0 unspecified atom stereocenters. The van der Waals surface area contributed by atoms with Gasteiger partial charge < -0.3 is 24.3 Å². The third-order valence-electron chi connectivity index (χ3n) is 4.71. The maximum atomic E-state index is 12.7. The molecule has 0 bridgehead atoms. The summed E-state index contributed by atoms with van der Waals surface area (Å²) in [5.41, 5.74) is 0.787. The summed E-state index contributed by atoms with van der Waals surface area (Å²) in [6, 6.07) is 4.85. The molecule has 0 saturated carbocycles. The van der Waals surface area contributed by atoms with Gasteiger partial charge in [-0.2, -0.15) is 0 Å². The summed E-state index contributed by atoms with van der Waals surface area (Å²) >= 11 is 0. The highest BCUT2D eigenvalue weighted by Crippen LogP contribution is 2.28. The minimum Gasteiger partial charge on any atom is -0.467 e. The van der Waals surface area contributed by atoms with Gasteiger partial charge in [0.1, 0.15) is 17.6 Å². The van der Waals surface area contributed by atoms with E-state index in [1.165, 1.54) is 10.8 Å². The largest absolute Gasteiger partial charge is 0.467 e. The summed E-state index contributed by atoms with van der Waals surface area (Å²) in [6.07, 6.45) is 4.54. The smallest absolute Gasteiger partial charge is 0.322 e. The average Bonchev–Trinajstić information content (AvgIpc) is 3.26. The summed E-state index contributed by atoms with van der Waals surface area (Å²) in [5, 5.41) is 13.0. The van der Waals surface area contributed by atoms with Gasteiger partial charge in [0.2, 0.25) is 0 Å². The number of aryl methyl sites for hydroxylation is 2. The first-order valence-electron chi connectivity index (χ1n) is 8.42. The van der Waals surface area contributed by atoms with E-state index in [-0.39, 0.29) is 17.6 Å². The van der Waals surface area contributed by atoms with Gasteiger partial charge in [0.05, 0.1) is 6.26 Å². The van der Waals surface area contributed by atoms with Gasteiger partial charge in [0, 0.05) is 32.3 Å². The van der Waals surface area contributed by atoms with Gasteiger partial charge in [-0.25, -0.2) is 4.79 Å². The van der Waals surface area contributed by atoms with Crippen molar-refractivity contribution in [3.8, 4) is 0 Å². The lowest BCUT2D eigenvalue weighted by molar-refractivity contribution is 0.110. The van der Waals surface area contributed by atoms with Crippen molar-refractivity contribution in [1.29, 1.82) is 0 Å². The molecule has 0 radical (unpaired) electrons. The lowest BCUT2D eigenvalue weighted by atomic mass is 10.1. The normalized spacial score (nSPS) is 18.4. The third kappa shape index (κ3) is 3.61. The quantitative estimate of drug-likeness (QED) is 0.891. The maximum Gasteiger partial charge on any atom is 0.322 e. The van der Waals surface area contributed by atoms with Crippen molar-refractivity contribution in [2.75, 3.05) is 11.9 Å². The monoisotopic (exact) mass is 345 g/mol. The van der Waals surface area contributed by atoms with Gasteiger partial charge in [-0.15, -0.1) is 0 Å². The van der Waals surface area contributed by atoms with Crippen LogP contribution in [0, 0.1) is 6.92 Å². The number of nitrogens with one attached hydrogen (secondary N) is 1. The van der Waals surface area contributed by atoms with Crippen LogP contribution < -0.4 is 10.9 Å². The van der Waals surface area contributed by atoms with Gasteiger partial charge >= 0.3 is 6.03 Å². The van der Waals surface area contributed by atoms with Crippen LogP contribution in [-0.2, 0) is 7.05 Å². The van der Waals surface area contributed by atoms with Gasteiger partial charge in [-0.05, 0) is 43.5 Å². The van der Waals surface area contributed by atoms with E-state index in [4.69, 9.17) is 4.42 Å². The van der Waals surface area contributed by atoms with E-state index in [0.717, 1.165) is 18.4 Å². The van der Waals surface area contributed by atoms with E-state index in [9.17, 15) is 14.7 Å². The van der Waals surface area contributed by atoms with Crippen LogP contribution in [0.2, 0.25) is 0 Å². The number of rotatable bonds is 4. The molecule has 0 spiro atoms. The fourth-order valence-corrected chi connectivity index (χ4v) is 3.25. The molecule has 2 aromatic heterocycles. The third-order valence-corrected chi connectivity index (χ3v) is 4.71. The van der Waals surface area contributed by atoms with Gasteiger partial charge in [0.15, 0.2) is 0 Å². The molecule has 0 aromatic carbocycles. The standard InChI is InChI=1S/C18H23N3O4/c1-12-7-9-20(2)17(23)16(12)19-18(24)21-8-3-5-13(21)11-14(22)15-6-4-10-25-15/h4,6-7,9-10,13-14,22H,3,5,8,11H2,1-2H3,(H,19,24)/t13-,14-/m0/s1. The lowest BCUT2D eigenvalue weighted by Crippen LogP contribution is -2.41. The van der Waals surface area contributed by atoms with E-state index in [2.05, 4.69) is 5.32 Å². The second-order valence-electron chi connectivity index (χ2n) is 6.48. The number of carbonyl (C=O) groups excluding carboxylic acids is 1. The number of aliphatic hydroxyl groups is 1. The van der Waals surface area contributed by atoms with E-state index in [1.807, 2.05) is 0 Å². The van der Waals surface area contributed by atoms with Crippen LogP contribution in [0.25, 0.3) is 0 Å². The van der Waals surface area contributed by atoms with Crippen molar-refractivity contribution in [3.05, 3.63) is 52.3 Å². The van der Waals surface area contributed by atoms with Gasteiger partial charge in [-0.1, -0.05) is 0 Å². The molecule has 1 saturated heterocycles. The van der Waals surface area contributed by atoms with E-state index in [0.29, 0.717) is 24.4 Å². The molecule has 25 heavy (non-hydrogen) atoms. The molecule has 7 heteroatoms. The number of anilines is 1. The highest BCUT2D eigenvalue weighted by molar-refractivity contribution is 5.90. The summed E-state index contributed by atoms with van der Waals surface area (Å²) in [5.74, 6) is 0.500.